The van der Waals surface area contributed by atoms with Gasteiger partial charge in [-0.25, -0.2) is 4.79 Å². The third kappa shape index (κ3) is 4.75. The topological polar surface area (TPSA) is 118 Å². The molecule has 0 aromatic carbocycles. The van der Waals surface area contributed by atoms with Gasteiger partial charge in [0.25, 0.3) is 0 Å². The lowest BCUT2D eigenvalue weighted by atomic mass is 9.94. The van der Waals surface area contributed by atoms with Gasteiger partial charge >= 0.3 is 6.03 Å². The minimum Gasteiger partial charge on any atom is -0.393 e. The molecule has 1 saturated heterocycles. The first kappa shape index (κ1) is 20.5. The molecule has 0 radical (unpaired) electrons. The Morgan fingerprint density at radius 3 is 1.50 bits per heavy atom. The number of amides is 4. The molecule has 0 aromatic rings. The summed E-state index contributed by atoms with van der Waals surface area (Å²) in [6, 6.07) is -0.827. The lowest BCUT2D eigenvalue weighted by molar-refractivity contribution is -0.152. The monoisotopic (exact) mass is 344 g/mol. The maximum atomic E-state index is 12.5. The van der Waals surface area contributed by atoms with Crippen LogP contribution in [0.5, 0.6) is 0 Å². The molecular formula is C16H28N2O6. The lowest BCUT2D eigenvalue weighted by Crippen LogP contribution is -2.62. The number of aliphatic hydroxyl groups excluding tert-OH is 3. The Kier molecular flexibility index (Phi) is 7.78. The van der Waals surface area contributed by atoms with Crippen molar-refractivity contribution in [2.24, 2.45) is 5.92 Å². The molecule has 4 amide bonds. The number of aliphatic hydroxyl groups is 3. The minimum atomic E-state index is -1.18. The number of β-amino-alcohol motifs (C(OH)–C–C–N with tert-alkyl or cyclic N) is 2. The van der Waals surface area contributed by atoms with Crippen LogP contribution in [0.25, 0.3) is 0 Å². The highest BCUT2D eigenvalue weighted by molar-refractivity contribution is 6.16. The van der Waals surface area contributed by atoms with Crippen LogP contribution in [0.2, 0.25) is 0 Å². The van der Waals surface area contributed by atoms with E-state index in [1.807, 2.05) is 0 Å². The Labute approximate surface area is 142 Å². The zero-order valence-corrected chi connectivity index (χ0v) is 14.5. The second-order valence-electron chi connectivity index (χ2n) is 6.15. The van der Waals surface area contributed by atoms with Crippen molar-refractivity contribution in [3.63, 3.8) is 0 Å². The van der Waals surface area contributed by atoms with E-state index >= 15 is 0 Å². The van der Waals surface area contributed by atoms with Crippen LogP contribution >= 0.6 is 0 Å². The first-order chi connectivity index (χ1) is 11.3. The molecule has 0 saturated carbocycles. The van der Waals surface area contributed by atoms with Crippen molar-refractivity contribution in [3.05, 3.63) is 0 Å². The quantitative estimate of drug-likeness (QED) is 0.510. The standard InChI is InChI=1S/C16H28N2O6/c1-4-10(19)7-13-14(22)17(8-11(20)5-2)16(24)18(15(13)23)9-12(21)6-3/h10-13,19-21H,4-9H2,1-3H3. The molecule has 8 nitrogen and oxygen atoms in total. The fourth-order valence-corrected chi connectivity index (χ4v) is 2.47. The van der Waals surface area contributed by atoms with E-state index in [0.717, 1.165) is 9.80 Å². The lowest BCUT2D eigenvalue weighted by Gasteiger charge is -2.38. The van der Waals surface area contributed by atoms with Gasteiger partial charge in [-0.05, 0) is 25.7 Å². The van der Waals surface area contributed by atoms with Gasteiger partial charge in [-0.15, -0.1) is 0 Å². The summed E-state index contributed by atoms with van der Waals surface area (Å²) in [6.07, 6.45) is -1.62. The number of hydrogen-bond donors (Lipinski definition) is 3. The molecule has 1 aliphatic heterocycles. The fraction of sp³-hybridized carbons (Fsp3) is 0.812. The number of urea groups is 1. The van der Waals surface area contributed by atoms with Crippen molar-refractivity contribution in [1.82, 2.24) is 9.80 Å². The van der Waals surface area contributed by atoms with Gasteiger partial charge in [0, 0.05) is 0 Å². The first-order valence-corrected chi connectivity index (χ1v) is 8.47. The van der Waals surface area contributed by atoms with Gasteiger partial charge in [0.15, 0.2) is 0 Å². The second-order valence-corrected chi connectivity index (χ2v) is 6.15. The summed E-state index contributed by atoms with van der Waals surface area (Å²) in [5, 5.41) is 29.4. The van der Waals surface area contributed by atoms with Crippen LogP contribution in [0.15, 0.2) is 0 Å². The van der Waals surface area contributed by atoms with E-state index in [2.05, 4.69) is 0 Å². The van der Waals surface area contributed by atoms with Crippen LogP contribution in [0.1, 0.15) is 46.5 Å². The highest BCUT2D eigenvalue weighted by Gasteiger charge is 2.46. The molecule has 0 bridgehead atoms. The molecular weight excluding hydrogens is 316 g/mol. The number of carbonyl (C=O) groups excluding carboxylic acids is 3. The SMILES string of the molecule is CCC(O)CC1C(=O)N(CC(O)CC)C(=O)N(CC(O)CC)C1=O. The second kappa shape index (κ2) is 9.10. The number of carbonyl (C=O) groups is 3. The molecule has 0 spiro atoms. The van der Waals surface area contributed by atoms with Gasteiger partial charge < -0.3 is 15.3 Å². The molecule has 3 N–H and O–H groups in total. The summed E-state index contributed by atoms with van der Waals surface area (Å²) in [5.41, 5.74) is 0. The number of hydrogen-bond acceptors (Lipinski definition) is 6. The van der Waals surface area contributed by atoms with Crippen molar-refractivity contribution >= 4 is 17.8 Å². The fourth-order valence-electron chi connectivity index (χ4n) is 2.47. The van der Waals surface area contributed by atoms with Crippen molar-refractivity contribution in [2.75, 3.05) is 13.1 Å². The maximum Gasteiger partial charge on any atom is 0.333 e. The molecule has 24 heavy (non-hydrogen) atoms. The van der Waals surface area contributed by atoms with E-state index in [-0.39, 0.29) is 19.5 Å². The zero-order chi connectivity index (χ0) is 18.4. The Bertz CT molecular complexity index is 385. The Morgan fingerprint density at radius 2 is 1.17 bits per heavy atom. The molecule has 138 valence electrons. The average Bonchev–Trinajstić information content (AvgIpc) is 2.58. The summed E-state index contributed by atoms with van der Waals surface area (Å²) in [7, 11) is 0. The van der Waals surface area contributed by atoms with Crippen LogP contribution in [-0.4, -0.2) is 74.4 Å². The molecule has 3 unspecified atom stereocenters. The van der Waals surface area contributed by atoms with Crippen molar-refractivity contribution in [1.29, 1.82) is 0 Å². The summed E-state index contributed by atoms with van der Waals surface area (Å²) >= 11 is 0. The van der Waals surface area contributed by atoms with E-state index in [1.54, 1.807) is 20.8 Å². The third-order valence-electron chi connectivity index (χ3n) is 4.30. The van der Waals surface area contributed by atoms with E-state index < -0.39 is 42.1 Å². The smallest absolute Gasteiger partial charge is 0.333 e. The van der Waals surface area contributed by atoms with Crippen LogP contribution < -0.4 is 0 Å². The number of barbiturate groups is 1. The summed E-state index contributed by atoms with van der Waals surface area (Å²) in [5.74, 6) is -2.58. The van der Waals surface area contributed by atoms with Crippen molar-refractivity contribution < 1.29 is 29.7 Å². The van der Waals surface area contributed by atoms with E-state index in [1.165, 1.54) is 0 Å². The largest absolute Gasteiger partial charge is 0.393 e. The predicted octanol–water partition coefficient (Wildman–Crippen LogP) is 0.0962. The average molecular weight is 344 g/mol. The highest BCUT2D eigenvalue weighted by Crippen LogP contribution is 2.24. The van der Waals surface area contributed by atoms with Crippen LogP contribution in [-0.2, 0) is 9.59 Å². The van der Waals surface area contributed by atoms with E-state index in [9.17, 15) is 29.7 Å². The van der Waals surface area contributed by atoms with E-state index in [0.29, 0.717) is 19.3 Å². The van der Waals surface area contributed by atoms with Crippen LogP contribution in [0.4, 0.5) is 4.79 Å². The summed E-state index contributed by atoms with van der Waals surface area (Å²) < 4.78 is 0. The molecule has 0 aromatic heterocycles. The molecule has 3 atom stereocenters. The zero-order valence-electron chi connectivity index (χ0n) is 14.5. The minimum absolute atomic E-state index is 0.0844. The van der Waals surface area contributed by atoms with Gasteiger partial charge in [0.2, 0.25) is 11.8 Å². The summed E-state index contributed by atoms with van der Waals surface area (Å²) in [4.78, 5) is 39.2. The Balaban J connectivity index is 3.08. The predicted molar refractivity (Wildman–Crippen MR) is 85.8 cm³/mol. The molecule has 1 aliphatic rings. The summed E-state index contributed by atoms with van der Waals surface area (Å²) in [6.45, 7) is 4.74. The van der Waals surface area contributed by atoms with Crippen LogP contribution in [0, 0.1) is 5.92 Å². The van der Waals surface area contributed by atoms with Crippen molar-refractivity contribution in [2.45, 2.75) is 64.8 Å². The van der Waals surface area contributed by atoms with Crippen molar-refractivity contribution in [3.8, 4) is 0 Å². The Hall–Kier alpha value is -1.51. The maximum absolute atomic E-state index is 12.5. The molecule has 0 aliphatic carbocycles. The van der Waals surface area contributed by atoms with Gasteiger partial charge in [-0.1, -0.05) is 20.8 Å². The third-order valence-corrected chi connectivity index (χ3v) is 4.30. The van der Waals surface area contributed by atoms with Crippen LogP contribution in [0.3, 0.4) is 0 Å². The van der Waals surface area contributed by atoms with Gasteiger partial charge in [-0.2, -0.15) is 0 Å². The van der Waals surface area contributed by atoms with Gasteiger partial charge in [0.05, 0.1) is 31.4 Å². The first-order valence-electron chi connectivity index (χ1n) is 8.47. The molecule has 1 rings (SSSR count). The highest BCUT2D eigenvalue weighted by atomic mass is 16.3. The van der Waals surface area contributed by atoms with Gasteiger partial charge in [-0.3, -0.25) is 19.4 Å². The molecule has 8 heteroatoms. The van der Waals surface area contributed by atoms with Gasteiger partial charge in [0.1, 0.15) is 5.92 Å². The van der Waals surface area contributed by atoms with E-state index in [4.69, 9.17) is 0 Å². The Morgan fingerprint density at radius 1 is 0.792 bits per heavy atom. The normalized spacial score (nSPS) is 22.8. The molecule has 1 heterocycles. The molecule has 1 fully saturated rings. The number of rotatable bonds is 9. The number of nitrogens with zero attached hydrogens (tertiary/aromatic N) is 2. The number of imide groups is 2.